The second kappa shape index (κ2) is 6.77. The smallest absolute Gasteiger partial charge is 0.251 e. The molecule has 8 heteroatoms. The predicted molar refractivity (Wildman–Crippen MR) is 92.1 cm³/mol. The van der Waals surface area contributed by atoms with Gasteiger partial charge in [0.05, 0.1) is 11.6 Å². The van der Waals surface area contributed by atoms with Crippen molar-refractivity contribution in [2.75, 3.05) is 11.9 Å². The summed E-state index contributed by atoms with van der Waals surface area (Å²) in [6, 6.07) is 1.48. The van der Waals surface area contributed by atoms with Crippen LogP contribution in [0.5, 0.6) is 0 Å². The molecule has 3 aromatic rings. The van der Waals surface area contributed by atoms with E-state index in [9.17, 15) is 4.79 Å². The number of anilines is 1. The molecule has 8 nitrogen and oxygen atoms in total. The first-order valence-corrected chi connectivity index (χ1v) is 8.06. The third kappa shape index (κ3) is 3.42. The second-order valence-electron chi connectivity index (χ2n) is 5.75. The summed E-state index contributed by atoms with van der Waals surface area (Å²) in [4.78, 5) is 27.7. The van der Waals surface area contributed by atoms with E-state index in [4.69, 9.17) is 0 Å². The summed E-state index contributed by atoms with van der Waals surface area (Å²) in [5, 5.41) is 8.47. The third-order valence-electron chi connectivity index (χ3n) is 3.69. The first-order valence-electron chi connectivity index (χ1n) is 8.06. The van der Waals surface area contributed by atoms with Gasteiger partial charge in [-0.1, -0.05) is 6.92 Å². The number of aryl methyl sites for hydroxylation is 3. The van der Waals surface area contributed by atoms with Crippen molar-refractivity contribution in [3.63, 3.8) is 0 Å². The Balaban J connectivity index is 1.80. The predicted octanol–water partition coefficient (Wildman–Crippen LogP) is 1.36. The van der Waals surface area contributed by atoms with Crippen molar-refractivity contribution in [3.8, 4) is 0 Å². The SMILES string of the molecule is CCCc1nc(NCCc2nc(C)cc(=O)[nH]2)c2cnn(C)c2n1. The fourth-order valence-corrected chi connectivity index (χ4v) is 2.60. The van der Waals surface area contributed by atoms with Crippen LogP contribution >= 0.6 is 0 Å². The van der Waals surface area contributed by atoms with Crippen LogP contribution in [0, 0.1) is 6.92 Å². The Kier molecular flexibility index (Phi) is 4.54. The molecule has 0 aliphatic rings. The van der Waals surface area contributed by atoms with Gasteiger partial charge in [-0.25, -0.2) is 15.0 Å². The Morgan fingerprint density at radius 3 is 2.83 bits per heavy atom. The van der Waals surface area contributed by atoms with Crippen LogP contribution in [0.25, 0.3) is 11.0 Å². The Morgan fingerprint density at radius 2 is 2.08 bits per heavy atom. The molecule has 2 N–H and O–H groups in total. The molecule has 0 radical (unpaired) electrons. The summed E-state index contributed by atoms with van der Waals surface area (Å²) in [5.74, 6) is 2.24. The van der Waals surface area contributed by atoms with Gasteiger partial charge in [-0.3, -0.25) is 9.48 Å². The van der Waals surface area contributed by atoms with Crippen molar-refractivity contribution in [1.29, 1.82) is 0 Å². The lowest BCUT2D eigenvalue weighted by molar-refractivity contribution is 0.772. The van der Waals surface area contributed by atoms with E-state index < -0.39 is 0 Å². The minimum Gasteiger partial charge on any atom is -0.369 e. The summed E-state index contributed by atoms with van der Waals surface area (Å²) in [6.07, 6.45) is 4.17. The van der Waals surface area contributed by atoms with E-state index in [0.717, 1.165) is 41.2 Å². The summed E-state index contributed by atoms with van der Waals surface area (Å²) >= 11 is 0. The van der Waals surface area contributed by atoms with Crippen molar-refractivity contribution in [3.05, 3.63) is 40.0 Å². The lowest BCUT2D eigenvalue weighted by Crippen LogP contribution is -2.15. The minimum absolute atomic E-state index is 0.126. The highest BCUT2D eigenvalue weighted by Crippen LogP contribution is 2.20. The Morgan fingerprint density at radius 1 is 1.25 bits per heavy atom. The van der Waals surface area contributed by atoms with Crippen molar-refractivity contribution in [1.82, 2.24) is 29.7 Å². The number of H-pyrrole nitrogens is 1. The Hall–Kier alpha value is -2.77. The second-order valence-corrected chi connectivity index (χ2v) is 5.75. The first kappa shape index (κ1) is 16.1. The molecule has 0 amide bonds. The highest BCUT2D eigenvalue weighted by molar-refractivity contribution is 5.86. The number of aromatic nitrogens is 6. The summed E-state index contributed by atoms with van der Waals surface area (Å²) < 4.78 is 1.75. The molecule has 0 fully saturated rings. The van der Waals surface area contributed by atoms with Gasteiger partial charge in [-0.2, -0.15) is 5.10 Å². The number of hydrogen-bond acceptors (Lipinski definition) is 6. The molecule has 0 atom stereocenters. The van der Waals surface area contributed by atoms with Gasteiger partial charge in [0, 0.05) is 38.2 Å². The highest BCUT2D eigenvalue weighted by Gasteiger charge is 2.11. The van der Waals surface area contributed by atoms with Gasteiger partial charge in [0.2, 0.25) is 0 Å². The largest absolute Gasteiger partial charge is 0.369 e. The van der Waals surface area contributed by atoms with E-state index >= 15 is 0 Å². The standard InChI is InChI=1S/C16H21N7O/c1-4-5-12-21-15(11-9-18-23(3)16(11)22-12)17-7-6-13-19-10(2)8-14(24)20-13/h8-9H,4-7H2,1-3H3,(H,17,21,22)(H,19,20,24). The Bertz CT molecular complexity index is 912. The normalized spacial score (nSPS) is 11.1. The van der Waals surface area contributed by atoms with Crippen molar-refractivity contribution < 1.29 is 0 Å². The summed E-state index contributed by atoms with van der Waals surface area (Å²) in [5.41, 5.74) is 1.41. The Labute approximate surface area is 139 Å². The summed E-state index contributed by atoms with van der Waals surface area (Å²) in [7, 11) is 1.87. The van der Waals surface area contributed by atoms with Crippen molar-refractivity contribution >= 4 is 16.9 Å². The zero-order chi connectivity index (χ0) is 17.1. The average Bonchev–Trinajstić information content (AvgIpc) is 2.88. The van der Waals surface area contributed by atoms with Gasteiger partial charge in [0.25, 0.3) is 5.56 Å². The molecule has 0 bridgehead atoms. The average molecular weight is 327 g/mol. The van der Waals surface area contributed by atoms with Gasteiger partial charge in [-0.15, -0.1) is 0 Å². The highest BCUT2D eigenvalue weighted by atomic mass is 16.1. The molecule has 24 heavy (non-hydrogen) atoms. The van der Waals surface area contributed by atoms with E-state index in [1.807, 2.05) is 14.0 Å². The maximum absolute atomic E-state index is 11.5. The van der Waals surface area contributed by atoms with Crippen LogP contribution in [0.15, 0.2) is 17.1 Å². The lowest BCUT2D eigenvalue weighted by atomic mass is 10.3. The number of rotatable bonds is 6. The molecule has 3 aromatic heterocycles. The molecule has 3 rings (SSSR count). The van der Waals surface area contributed by atoms with Crippen molar-refractivity contribution in [2.45, 2.75) is 33.1 Å². The van der Waals surface area contributed by atoms with Crippen LogP contribution in [0.2, 0.25) is 0 Å². The maximum atomic E-state index is 11.5. The molecule has 0 aliphatic heterocycles. The number of nitrogens with one attached hydrogen (secondary N) is 2. The fourth-order valence-electron chi connectivity index (χ4n) is 2.60. The van der Waals surface area contributed by atoms with E-state index in [0.29, 0.717) is 18.8 Å². The van der Waals surface area contributed by atoms with Crippen LogP contribution < -0.4 is 10.9 Å². The van der Waals surface area contributed by atoms with Gasteiger partial charge < -0.3 is 10.3 Å². The van der Waals surface area contributed by atoms with Crippen LogP contribution in [0.4, 0.5) is 5.82 Å². The molecule has 0 saturated carbocycles. The van der Waals surface area contributed by atoms with E-state index in [2.05, 4.69) is 37.3 Å². The van der Waals surface area contributed by atoms with E-state index in [1.165, 1.54) is 6.07 Å². The molecular formula is C16H21N7O. The van der Waals surface area contributed by atoms with Gasteiger partial charge >= 0.3 is 0 Å². The first-order chi connectivity index (χ1) is 11.6. The van der Waals surface area contributed by atoms with Crippen LogP contribution in [-0.2, 0) is 19.9 Å². The van der Waals surface area contributed by atoms with Crippen LogP contribution in [-0.4, -0.2) is 36.3 Å². The summed E-state index contributed by atoms with van der Waals surface area (Å²) in [6.45, 7) is 4.52. The monoisotopic (exact) mass is 327 g/mol. The number of fused-ring (bicyclic) bond motifs is 1. The fraction of sp³-hybridized carbons (Fsp3) is 0.438. The van der Waals surface area contributed by atoms with Gasteiger partial charge in [-0.05, 0) is 13.3 Å². The van der Waals surface area contributed by atoms with Gasteiger partial charge in [0.1, 0.15) is 17.5 Å². The van der Waals surface area contributed by atoms with Crippen LogP contribution in [0.3, 0.4) is 0 Å². The molecule has 0 saturated heterocycles. The minimum atomic E-state index is -0.126. The molecule has 126 valence electrons. The lowest BCUT2D eigenvalue weighted by Gasteiger charge is -2.09. The maximum Gasteiger partial charge on any atom is 0.251 e. The van der Waals surface area contributed by atoms with E-state index in [1.54, 1.807) is 10.9 Å². The molecule has 3 heterocycles. The number of nitrogens with zero attached hydrogens (tertiary/aromatic N) is 5. The molecular weight excluding hydrogens is 306 g/mol. The molecule has 0 spiro atoms. The van der Waals surface area contributed by atoms with Crippen LogP contribution in [0.1, 0.15) is 30.7 Å². The topological polar surface area (TPSA) is 101 Å². The molecule has 0 aromatic carbocycles. The van der Waals surface area contributed by atoms with Gasteiger partial charge in [0.15, 0.2) is 5.65 Å². The molecule has 0 aliphatic carbocycles. The number of hydrogen-bond donors (Lipinski definition) is 2. The quantitative estimate of drug-likeness (QED) is 0.709. The molecule has 0 unspecified atom stereocenters. The zero-order valence-corrected chi connectivity index (χ0v) is 14.1. The third-order valence-corrected chi connectivity index (χ3v) is 3.69. The van der Waals surface area contributed by atoms with E-state index in [-0.39, 0.29) is 5.56 Å². The van der Waals surface area contributed by atoms with Crippen molar-refractivity contribution in [2.24, 2.45) is 7.05 Å². The number of aromatic amines is 1. The zero-order valence-electron chi connectivity index (χ0n) is 14.1.